The number of likely N-dealkylation sites (tertiary alicyclic amines) is 1. The number of nitrogens with one attached hydrogen (secondary N) is 3. The number of carbonyl (C=O) groups is 4. The van der Waals surface area contributed by atoms with Gasteiger partial charge in [0.2, 0.25) is 27.7 Å². The summed E-state index contributed by atoms with van der Waals surface area (Å²) >= 11 is 1.46. The molecule has 0 radical (unpaired) electrons. The normalized spacial score (nSPS) is 22.4. The number of methoxy groups -OCH3 is 1. The molecule has 0 spiro atoms. The number of aromatic nitrogens is 2. The molecule has 3 aliphatic rings. The summed E-state index contributed by atoms with van der Waals surface area (Å²) < 4.78 is 45.4. The highest BCUT2D eigenvalue weighted by atomic mass is 32.2. The van der Waals surface area contributed by atoms with Gasteiger partial charge in [-0.1, -0.05) is 26.8 Å². The molecule has 5 atom stereocenters. The lowest BCUT2D eigenvalue weighted by molar-refractivity contribution is -0.143. The van der Waals surface area contributed by atoms with Crippen LogP contribution in [0.25, 0.3) is 22.2 Å². The van der Waals surface area contributed by atoms with Crippen LogP contribution in [0.4, 0.5) is 9.93 Å². The molecule has 2 aromatic heterocycles. The highest BCUT2D eigenvalue weighted by Crippen LogP contribution is 2.46. The molecular weight excluding hydrogens is 787 g/mol. The molecule has 58 heavy (non-hydrogen) atoms. The van der Waals surface area contributed by atoms with Crippen LogP contribution in [0.3, 0.4) is 0 Å². The fourth-order valence-electron chi connectivity index (χ4n) is 6.93. The molecule has 18 heteroatoms. The molecule has 4 amide bonds. The lowest BCUT2D eigenvalue weighted by Gasteiger charge is -2.36. The lowest BCUT2D eigenvalue weighted by atomic mass is 9.85. The number of sulfonamides is 1. The fourth-order valence-corrected chi connectivity index (χ4v) is 9.05. The molecule has 3 aromatic rings. The fraction of sp³-hybridized carbons (Fsp3) is 0.550. The zero-order valence-corrected chi connectivity index (χ0v) is 36.0. The van der Waals surface area contributed by atoms with E-state index in [2.05, 4.69) is 21.9 Å². The molecule has 3 heterocycles. The van der Waals surface area contributed by atoms with Crippen molar-refractivity contribution in [2.45, 2.75) is 102 Å². The summed E-state index contributed by atoms with van der Waals surface area (Å²) in [6.07, 6.45) is 0.881. The molecule has 6 rings (SSSR count). The highest BCUT2D eigenvalue weighted by molar-refractivity contribution is 7.91. The van der Waals surface area contributed by atoms with Gasteiger partial charge in [0.15, 0.2) is 5.13 Å². The molecular formula is C40H53N7O9S2. The smallest absolute Gasteiger partial charge is 0.408 e. The zero-order valence-electron chi connectivity index (χ0n) is 34.4. The number of benzene rings is 1. The minimum absolute atomic E-state index is 0.0251. The van der Waals surface area contributed by atoms with E-state index in [0.29, 0.717) is 35.4 Å². The van der Waals surface area contributed by atoms with E-state index in [-0.39, 0.29) is 25.3 Å². The van der Waals surface area contributed by atoms with Crippen LogP contribution in [0.5, 0.6) is 11.6 Å². The summed E-state index contributed by atoms with van der Waals surface area (Å²) in [6, 6.07) is 4.98. The Bertz CT molecular complexity index is 2230. The Kier molecular flexibility index (Phi) is 11.5. The van der Waals surface area contributed by atoms with Gasteiger partial charge in [0, 0.05) is 37.2 Å². The number of hydrogen-bond acceptors (Lipinski definition) is 13. The molecule has 2 aliphatic carbocycles. The number of anilines is 1. The maximum absolute atomic E-state index is 14.7. The van der Waals surface area contributed by atoms with Gasteiger partial charge in [-0.25, -0.2) is 23.2 Å². The van der Waals surface area contributed by atoms with Gasteiger partial charge in [-0.3, -0.25) is 19.1 Å². The predicted molar refractivity (Wildman–Crippen MR) is 220 cm³/mol. The van der Waals surface area contributed by atoms with Crippen LogP contribution in [0.2, 0.25) is 0 Å². The van der Waals surface area contributed by atoms with Gasteiger partial charge >= 0.3 is 6.09 Å². The van der Waals surface area contributed by atoms with Crippen LogP contribution in [-0.4, -0.2) is 109 Å². The quantitative estimate of drug-likeness (QED) is 0.206. The number of thiazole rings is 1. The third kappa shape index (κ3) is 9.17. The number of hydrogen-bond donors (Lipinski definition) is 3. The number of ether oxygens (including phenoxy) is 3. The van der Waals surface area contributed by atoms with Crippen LogP contribution >= 0.6 is 11.3 Å². The van der Waals surface area contributed by atoms with E-state index in [0.717, 1.165) is 10.5 Å². The number of rotatable bonds is 13. The number of alkyl carbamates (subject to hydrolysis) is 1. The molecule has 1 aliphatic heterocycles. The maximum atomic E-state index is 14.7. The summed E-state index contributed by atoms with van der Waals surface area (Å²) in [5.41, 5.74) is -2.12. The van der Waals surface area contributed by atoms with E-state index in [1.807, 2.05) is 42.6 Å². The first-order valence-electron chi connectivity index (χ1n) is 19.1. The van der Waals surface area contributed by atoms with E-state index in [1.165, 1.54) is 22.3 Å². The standard InChI is InChI=1S/C40H53N7O9S2/c1-11-23-19-40(23,35(50)45-58(52,53)26-13-14-26)44-32(48)30-18-25(20-47(30)34(49)31(38(2,3)4)43-37(51)56-39(5,6)7)55-33-27-15-12-24(54-10)16-22(27)17-28(41-33)29-21-57-36(42-29)46(8)9/h11-12,15-17,21,23,25-26,30-31H,1,13-14,18-20H2,2-10H3,(H,43,51)(H,44,48)(H,45,50)/t23?,25-,30?,31-,40-/m1/s1. The van der Waals surface area contributed by atoms with Gasteiger partial charge < -0.3 is 34.6 Å². The van der Waals surface area contributed by atoms with E-state index in [4.69, 9.17) is 24.2 Å². The van der Waals surface area contributed by atoms with E-state index < -0.39 is 79.7 Å². The van der Waals surface area contributed by atoms with Crippen LogP contribution in [0, 0.1) is 11.3 Å². The Morgan fingerprint density at radius 1 is 1.07 bits per heavy atom. The van der Waals surface area contributed by atoms with Crippen molar-refractivity contribution in [2.24, 2.45) is 11.3 Å². The van der Waals surface area contributed by atoms with Gasteiger partial charge in [0.25, 0.3) is 5.91 Å². The summed E-state index contributed by atoms with van der Waals surface area (Å²) in [5, 5.41) is 8.95. The highest BCUT2D eigenvalue weighted by Gasteiger charge is 2.62. The second-order valence-electron chi connectivity index (χ2n) is 17.4. The third-order valence-corrected chi connectivity index (χ3v) is 13.1. The number of pyridine rings is 1. The van der Waals surface area contributed by atoms with Crippen LogP contribution in [0.1, 0.15) is 67.2 Å². The molecule has 314 valence electrons. The van der Waals surface area contributed by atoms with Gasteiger partial charge in [-0.05, 0) is 75.1 Å². The third-order valence-electron chi connectivity index (χ3n) is 10.3. The second kappa shape index (κ2) is 15.7. The average Bonchev–Trinajstić information content (AvgIpc) is 4.01. The van der Waals surface area contributed by atoms with Crippen molar-refractivity contribution in [3.8, 4) is 23.0 Å². The molecule has 0 bridgehead atoms. The summed E-state index contributed by atoms with van der Waals surface area (Å²) in [6.45, 7) is 14.2. The van der Waals surface area contributed by atoms with Crippen LogP contribution in [0.15, 0.2) is 42.3 Å². The maximum Gasteiger partial charge on any atom is 0.408 e. The first-order valence-corrected chi connectivity index (χ1v) is 21.6. The zero-order chi connectivity index (χ0) is 42.5. The summed E-state index contributed by atoms with van der Waals surface area (Å²) in [5.74, 6) is -1.82. The van der Waals surface area contributed by atoms with Crippen molar-refractivity contribution < 1.29 is 41.8 Å². The Hall–Kier alpha value is -4.97. The number of carbonyl (C=O) groups excluding carboxylic acids is 4. The number of amides is 4. The molecule has 2 saturated carbocycles. The lowest BCUT2D eigenvalue weighted by Crippen LogP contribution is -2.60. The molecule has 16 nitrogen and oxygen atoms in total. The predicted octanol–water partition coefficient (Wildman–Crippen LogP) is 4.39. The molecule has 1 saturated heterocycles. The van der Waals surface area contributed by atoms with Gasteiger partial charge in [-0.2, -0.15) is 0 Å². The first-order chi connectivity index (χ1) is 27.0. The minimum Gasteiger partial charge on any atom is -0.497 e. The second-order valence-corrected chi connectivity index (χ2v) is 20.2. The van der Waals surface area contributed by atoms with Crippen molar-refractivity contribution in [1.82, 2.24) is 30.2 Å². The number of nitrogens with zero attached hydrogens (tertiary/aromatic N) is 4. The number of fused-ring (bicyclic) bond motifs is 1. The molecule has 3 N–H and O–H groups in total. The van der Waals surface area contributed by atoms with Gasteiger partial charge in [0.1, 0.15) is 40.8 Å². The Labute approximate surface area is 343 Å². The molecule has 2 unspecified atom stereocenters. The SMILES string of the molecule is C=CC1C[C@]1(NC(=O)C1C[C@@H](Oc2nc(-c3csc(N(C)C)n3)cc3cc(OC)ccc23)CN1C(=O)[C@@H](NC(=O)OC(C)(C)C)C(C)(C)C)C(=O)NS(=O)(=O)C1CC1. The summed E-state index contributed by atoms with van der Waals surface area (Å²) in [4.78, 5) is 68.7. The monoisotopic (exact) mass is 839 g/mol. The Morgan fingerprint density at radius 2 is 1.78 bits per heavy atom. The molecule has 3 fully saturated rings. The van der Waals surface area contributed by atoms with Crippen LogP contribution < -0.4 is 29.7 Å². The Balaban J connectivity index is 1.35. The van der Waals surface area contributed by atoms with Gasteiger partial charge in [-0.15, -0.1) is 17.9 Å². The average molecular weight is 840 g/mol. The van der Waals surface area contributed by atoms with Crippen LogP contribution in [-0.2, 0) is 29.1 Å². The largest absolute Gasteiger partial charge is 0.497 e. The van der Waals surface area contributed by atoms with Crippen molar-refractivity contribution in [2.75, 3.05) is 32.6 Å². The topological polar surface area (TPSA) is 198 Å². The Morgan fingerprint density at radius 3 is 2.34 bits per heavy atom. The van der Waals surface area contributed by atoms with Gasteiger partial charge in [0.05, 0.1) is 24.6 Å². The minimum atomic E-state index is -3.93. The van der Waals surface area contributed by atoms with E-state index in [9.17, 15) is 27.6 Å². The van der Waals surface area contributed by atoms with E-state index >= 15 is 0 Å². The van der Waals surface area contributed by atoms with Crippen molar-refractivity contribution in [3.05, 3.63) is 42.3 Å². The van der Waals surface area contributed by atoms with E-state index in [1.54, 1.807) is 54.7 Å². The first kappa shape index (κ1) is 42.6. The summed E-state index contributed by atoms with van der Waals surface area (Å²) in [7, 11) is 1.44. The van der Waals surface area contributed by atoms with Crippen molar-refractivity contribution in [3.63, 3.8) is 0 Å². The molecule has 1 aromatic carbocycles. The van der Waals surface area contributed by atoms with Crippen molar-refractivity contribution >= 4 is 61.1 Å². The van der Waals surface area contributed by atoms with Crippen molar-refractivity contribution in [1.29, 1.82) is 0 Å².